The van der Waals surface area contributed by atoms with Crippen LogP contribution in [-0.2, 0) is 14.3 Å². The number of hydrogen-bond acceptors (Lipinski definition) is 5. The molecule has 6 heteroatoms. The van der Waals surface area contributed by atoms with Gasteiger partial charge in [0.05, 0.1) is 25.4 Å². The van der Waals surface area contributed by atoms with Crippen LogP contribution in [0.5, 0.6) is 0 Å². The first-order chi connectivity index (χ1) is 37.0. The molecule has 0 saturated heterocycles. The maximum Gasteiger partial charge on any atom is 0.305 e. The molecule has 0 spiro atoms. The lowest BCUT2D eigenvalue weighted by molar-refractivity contribution is -0.143. The molecule has 0 aromatic rings. The van der Waals surface area contributed by atoms with Crippen LogP contribution in [-0.4, -0.2) is 47.4 Å². The number of amides is 1. The molecule has 0 aromatic heterocycles. The summed E-state index contributed by atoms with van der Waals surface area (Å²) >= 11 is 0. The average molecular weight is 1060 g/mol. The number of carbonyl (C=O) groups excluding carboxylic acids is 2. The lowest BCUT2D eigenvalue weighted by atomic mass is 10.0. The van der Waals surface area contributed by atoms with Crippen LogP contribution in [0.15, 0.2) is 12.2 Å². The third-order valence-corrected chi connectivity index (χ3v) is 16.3. The van der Waals surface area contributed by atoms with Gasteiger partial charge in [0.1, 0.15) is 0 Å². The predicted octanol–water partition coefficient (Wildman–Crippen LogP) is 22.0. The summed E-state index contributed by atoms with van der Waals surface area (Å²) in [5, 5.41) is 23.3. The van der Waals surface area contributed by atoms with Gasteiger partial charge in [-0.05, 0) is 51.4 Å². The van der Waals surface area contributed by atoms with Gasteiger partial charge in [0.25, 0.3) is 0 Å². The second-order valence-corrected chi connectivity index (χ2v) is 23.9. The van der Waals surface area contributed by atoms with E-state index in [9.17, 15) is 19.8 Å². The fourth-order valence-electron chi connectivity index (χ4n) is 11.1. The van der Waals surface area contributed by atoms with E-state index in [4.69, 9.17) is 4.74 Å². The molecule has 0 aromatic carbocycles. The van der Waals surface area contributed by atoms with Crippen LogP contribution in [0, 0.1) is 0 Å². The zero-order chi connectivity index (χ0) is 54.3. The van der Waals surface area contributed by atoms with E-state index in [-0.39, 0.29) is 18.5 Å². The highest BCUT2D eigenvalue weighted by molar-refractivity contribution is 5.76. The molecule has 3 N–H and O–H groups in total. The largest absolute Gasteiger partial charge is 0.466 e. The van der Waals surface area contributed by atoms with Crippen LogP contribution in [0.3, 0.4) is 0 Å². The van der Waals surface area contributed by atoms with Crippen LogP contribution in [0.25, 0.3) is 0 Å². The van der Waals surface area contributed by atoms with Crippen molar-refractivity contribution in [3.8, 4) is 0 Å². The molecule has 1 amide bonds. The Kier molecular flexibility index (Phi) is 63.9. The second-order valence-electron chi connectivity index (χ2n) is 23.9. The van der Waals surface area contributed by atoms with Gasteiger partial charge in [-0.15, -0.1) is 0 Å². The van der Waals surface area contributed by atoms with Gasteiger partial charge in [-0.1, -0.05) is 341 Å². The molecule has 0 saturated carbocycles. The Labute approximate surface area is 469 Å². The van der Waals surface area contributed by atoms with E-state index in [1.807, 2.05) is 0 Å². The molecule has 0 aliphatic carbocycles. The summed E-state index contributed by atoms with van der Waals surface area (Å²) in [6, 6.07) is -0.538. The summed E-state index contributed by atoms with van der Waals surface area (Å²) in [6.07, 6.45) is 79.7. The van der Waals surface area contributed by atoms with Gasteiger partial charge in [0, 0.05) is 12.8 Å². The smallest absolute Gasteiger partial charge is 0.305 e. The van der Waals surface area contributed by atoms with Crippen molar-refractivity contribution in [3.05, 3.63) is 12.2 Å². The van der Waals surface area contributed by atoms with Crippen molar-refractivity contribution in [1.29, 1.82) is 0 Å². The van der Waals surface area contributed by atoms with Crippen LogP contribution < -0.4 is 5.32 Å². The van der Waals surface area contributed by atoms with Gasteiger partial charge in [-0.25, -0.2) is 0 Å². The van der Waals surface area contributed by atoms with Gasteiger partial charge >= 0.3 is 5.97 Å². The minimum absolute atomic E-state index is 0.0116. The number of carbonyl (C=O) groups is 2. The zero-order valence-electron chi connectivity index (χ0n) is 51.1. The summed E-state index contributed by atoms with van der Waals surface area (Å²) in [6.45, 7) is 4.98. The summed E-state index contributed by atoms with van der Waals surface area (Å²) in [4.78, 5) is 24.6. The van der Waals surface area contributed by atoms with Gasteiger partial charge in [-0.3, -0.25) is 9.59 Å². The lowest BCUT2D eigenvalue weighted by Gasteiger charge is -2.22. The molecule has 446 valence electrons. The highest BCUT2D eigenvalue weighted by Crippen LogP contribution is 2.19. The SMILES string of the molecule is CCCCCCCCC/C=C\CCCCCCCC(=O)OCCCCCCCCCCCCCCCCCCCCCCCCCCCCCC(=O)NC(CO)C(O)CCCCCCCCCCCCCCCCC. The van der Waals surface area contributed by atoms with E-state index >= 15 is 0 Å². The van der Waals surface area contributed by atoms with Gasteiger partial charge in [-0.2, -0.15) is 0 Å². The molecule has 0 fully saturated rings. The zero-order valence-corrected chi connectivity index (χ0v) is 51.1. The number of aliphatic hydroxyl groups excluding tert-OH is 2. The Morgan fingerprint density at radius 3 is 0.947 bits per heavy atom. The number of allylic oxidation sites excluding steroid dienone is 2. The third kappa shape index (κ3) is 61.7. The molecule has 0 bridgehead atoms. The van der Waals surface area contributed by atoms with Crippen molar-refractivity contribution >= 4 is 11.9 Å². The van der Waals surface area contributed by atoms with Crippen LogP contribution in [0.4, 0.5) is 0 Å². The monoisotopic (exact) mass is 1060 g/mol. The molecule has 0 heterocycles. The van der Waals surface area contributed by atoms with Crippen LogP contribution in [0.2, 0.25) is 0 Å². The Hall–Kier alpha value is -1.40. The standard InChI is InChI=1S/C69H135NO5/c1-3-5-7-9-11-13-15-17-19-35-39-43-47-51-55-59-63-69(74)75-64-60-56-52-48-44-40-36-32-30-28-26-24-22-20-21-23-25-27-29-31-34-38-42-46-50-54-58-62-68(73)70-66(65-71)67(72)61-57-53-49-45-41-37-33-18-16-14-12-10-8-6-4-2/h19,35,66-67,71-72H,3-18,20-34,36-65H2,1-2H3,(H,70,73)/b35-19-. The molecule has 2 unspecified atom stereocenters. The fraction of sp³-hybridized carbons (Fsp3) is 0.942. The third-order valence-electron chi connectivity index (χ3n) is 16.3. The van der Waals surface area contributed by atoms with Crippen molar-refractivity contribution < 1.29 is 24.5 Å². The molecule has 6 nitrogen and oxygen atoms in total. The number of aliphatic hydroxyl groups is 2. The molecule has 0 aliphatic heterocycles. The molecule has 0 rings (SSSR count). The lowest BCUT2D eigenvalue weighted by Crippen LogP contribution is -2.45. The first-order valence-corrected chi connectivity index (χ1v) is 34.4. The molecular weight excluding hydrogens is 923 g/mol. The Morgan fingerprint density at radius 1 is 0.360 bits per heavy atom. The Morgan fingerprint density at radius 2 is 0.627 bits per heavy atom. The minimum Gasteiger partial charge on any atom is -0.466 e. The average Bonchev–Trinajstić information content (AvgIpc) is 3.41. The number of unbranched alkanes of at least 4 members (excludes halogenated alkanes) is 52. The molecule has 0 radical (unpaired) electrons. The number of esters is 1. The van der Waals surface area contributed by atoms with Crippen molar-refractivity contribution in [2.45, 2.75) is 405 Å². The maximum atomic E-state index is 12.5. The summed E-state index contributed by atoms with van der Waals surface area (Å²) in [5.41, 5.74) is 0. The van der Waals surface area contributed by atoms with E-state index in [0.717, 1.165) is 44.9 Å². The van der Waals surface area contributed by atoms with E-state index < -0.39 is 12.1 Å². The van der Waals surface area contributed by atoms with E-state index in [1.165, 1.54) is 315 Å². The summed E-state index contributed by atoms with van der Waals surface area (Å²) in [5.74, 6) is -0.0175. The van der Waals surface area contributed by atoms with Gasteiger partial charge < -0.3 is 20.3 Å². The molecule has 2 atom stereocenters. The number of hydrogen-bond donors (Lipinski definition) is 3. The molecular formula is C69H135NO5. The Bertz CT molecular complexity index is 1130. The van der Waals surface area contributed by atoms with E-state index in [1.54, 1.807) is 0 Å². The van der Waals surface area contributed by atoms with E-state index in [0.29, 0.717) is 25.9 Å². The maximum absolute atomic E-state index is 12.5. The Balaban J connectivity index is 3.33. The highest BCUT2D eigenvalue weighted by Gasteiger charge is 2.20. The first kappa shape index (κ1) is 73.6. The first-order valence-electron chi connectivity index (χ1n) is 34.4. The summed E-state index contributed by atoms with van der Waals surface area (Å²) < 4.78 is 5.50. The van der Waals surface area contributed by atoms with Gasteiger partial charge in [0.2, 0.25) is 5.91 Å². The predicted molar refractivity (Wildman–Crippen MR) is 329 cm³/mol. The fourth-order valence-corrected chi connectivity index (χ4v) is 11.1. The van der Waals surface area contributed by atoms with Crippen LogP contribution >= 0.6 is 0 Å². The van der Waals surface area contributed by atoms with Crippen molar-refractivity contribution in [2.75, 3.05) is 13.2 Å². The number of rotatable bonds is 65. The second kappa shape index (κ2) is 65.1. The normalized spacial score (nSPS) is 12.5. The van der Waals surface area contributed by atoms with Crippen molar-refractivity contribution in [2.24, 2.45) is 0 Å². The topological polar surface area (TPSA) is 95.9 Å². The quantitative estimate of drug-likeness (QED) is 0.0320. The minimum atomic E-state index is -0.661. The van der Waals surface area contributed by atoms with Crippen LogP contribution in [0.1, 0.15) is 393 Å². The number of ether oxygens (including phenoxy) is 1. The number of nitrogens with one attached hydrogen (secondary N) is 1. The summed E-state index contributed by atoms with van der Waals surface area (Å²) in [7, 11) is 0. The van der Waals surface area contributed by atoms with Crippen molar-refractivity contribution in [3.63, 3.8) is 0 Å². The molecule has 75 heavy (non-hydrogen) atoms. The van der Waals surface area contributed by atoms with E-state index in [2.05, 4.69) is 31.3 Å². The van der Waals surface area contributed by atoms with Crippen molar-refractivity contribution in [1.82, 2.24) is 5.32 Å². The highest BCUT2D eigenvalue weighted by atomic mass is 16.5. The van der Waals surface area contributed by atoms with Gasteiger partial charge in [0.15, 0.2) is 0 Å². The molecule has 0 aliphatic rings.